The van der Waals surface area contributed by atoms with Crippen molar-refractivity contribution in [3.8, 4) is 0 Å². The van der Waals surface area contributed by atoms with Crippen LogP contribution >= 0.6 is 11.3 Å². The third-order valence-electron chi connectivity index (χ3n) is 6.83. The molecule has 1 aliphatic heterocycles. The van der Waals surface area contributed by atoms with Crippen LogP contribution in [0.15, 0.2) is 65.8 Å². The van der Waals surface area contributed by atoms with Gasteiger partial charge in [-0.05, 0) is 85.8 Å². The van der Waals surface area contributed by atoms with E-state index < -0.39 is 10.0 Å². The molecule has 2 aromatic carbocycles. The van der Waals surface area contributed by atoms with Crippen LogP contribution in [0.5, 0.6) is 0 Å². The molecule has 1 amide bonds. The highest BCUT2D eigenvalue weighted by molar-refractivity contribution is 7.89. The van der Waals surface area contributed by atoms with Gasteiger partial charge in [0.25, 0.3) is 5.91 Å². The van der Waals surface area contributed by atoms with Gasteiger partial charge in [-0.3, -0.25) is 14.7 Å². The summed E-state index contributed by atoms with van der Waals surface area (Å²) < 4.78 is 34.1. The zero-order valence-electron chi connectivity index (χ0n) is 21.6. The van der Waals surface area contributed by atoms with Crippen molar-refractivity contribution in [3.63, 3.8) is 0 Å². The fraction of sp³-hybridized carbons (Fsp3) is 0.321. The number of hydrogen-bond acceptors (Lipinski definition) is 7. The van der Waals surface area contributed by atoms with Crippen molar-refractivity contribution in [3.05, 3.63) is 83.2 Å². The number of amides is 1. The van der Waals surface area contributed by atoms with Crippen molar-refractivity contribution in [1.29, 1.82) is 0 Å². The van der Waals surface area contributed by atoms with E-state index in [1.54, 1.807) is 36.5 Å². The molecule has 38 heavy (non-hydrogen) atoms. The molecule has 0 aliphatic carbocycles. The Labute approximate surface area is 227 Å². The number of ether oxygens (including phenoxy) is 1. The van der Waals surface area contributed by atoms with Crippen LogP contribution in [0.3, 0.4) is 0 Å². The molecule has 1 fully saturated rings. The molecule has 5 rings (SSSR count). The van der Waals surface area contributed by atoms with Crippen molar-refractivity contribution < 1.29 is 17.9 Å². The second-order valence-electron chi connectivity index (χ2n) is 9.60. The lowest BCUT2D eigenvalue weighted by Crippen LogP contribution is -2.34. The molecular weight excluding hydrogens is 520 g/mol. The van der Waals surface area contributed by atoms with Gasteiger partial charge in [0, 0.05) is 38.2 Å². The third-order valence-corrected chi connectivity index (χ3v) is 9.71. The fourth-order valence-electron chi connectivity index (χ4n) is 4.46. The minimum Gasteiger partial charge on any atom is -0.377 e. The molecule has 4 aromatic rings. The number of hydrogen-bond donors (Lipinski definition) is 0. The third kappa shape index (κ3) is 5.49. The zero-order chi connectivity index (χ0) is 26.9. The van der Waals surface area contributed by atoms with Crippen molar-refractivity contribution in [2.24, 2.45) is 0 Å². The quantitative estimate of drug-likeness (QED) is 0.308. The lowest BCUT2D eigenvalue weighted by Gasteiger charge is -2.21. The van der Waals surface area contributed by atoms with Crippen LogP contribution in [0, 0.1) is 13.8 Å². The number of carbonyl (C=O) groups is 1. The monoisotopic (exact) mass is 550 g/mol. The van der Waals surface area contributed by atoms with E-state index in [1.165, 1.54) is 33.3 Å². The van der Waals surface area contributed by atoms with Crippen molar-refractivity contribution in [2.45, 2.75) is 44.2 Å². The number of pyridine rings is 1. The Hall–Kier alpha value is -3.18. The Kier molecular flexibility index (Phi) is 7.58. The molecule has 0 N–H and O–H groups in total. The van der Waals surface area contributed by atoms with Gasteiger partial charge in [0.05, 0.1) is 27.8 Å². The Morgan fingerprint density at radius 1 is 1.13 bits per heavy atom. The number of anilines is 1. The second-order valence-corrected chi connectivity index (χ2v) is 12.7. The Morgan fingerprint density at radius 2 is 1.89 bits per heavy atom. The average Bonchev–Trinajstić information content (AvgIpc) is 3.57. The summed E-state index contributed by atoms with van der Waals surface area (Å²) >= 11 is 1.46. The van der Waals surface area contributed by atoms with E-state index in [2.05, 4.69) is 18.0 Å². The van der Waals surface area contributed by atoms with Crippen molar-refractivity contribution in [2.75, 3.05) is 25.1 Å². The molecule has 1 saturated heterocycles. The molecule has 198 valence electrons. The van der Waals surface area contributed by atoms with Crippen molar-refractivity contribution in [1.82, 2.24) is 14.3 Å². The molecule has 1 aliphatic rings. The molecule has 0 radical (unpaired) electrons. The molecule has 3 heterocycles. The first-order valence-electron chi connectivity index (χ1n) is 12.5. The van der Waals surface area contributed by atoms with E-state index >= 15 is 0 Å². The molecule has 1 unspecified atom stereocenters. The van der Waals surface area contributed by atoms with Crippen LogP contribution in [0.1, 0.15) is 39.9 Å². The molecule has 0 spiro atoms. The summed E-state index contributed by atoms with van der Waals surface area (Å²) in [7, 11) is -2.15. The number of sulfonamides is 1. The molecule has 10 heteroatoms. The lowest BCUT2D eigenvalue weighted by molar-refractivity contribution is 0.0978. The smallest absolute Gasteiger partial charge is 0.260 e. The summed E-state index contributed by atoms with van der Waals surface area (Å²) in [5, 5.41) is 0.576. The van der Waals surface area contributed by atoms with Crippen LogP contribution in [0.2, 0.25) is 0 Å². The van der Waals surface area contributed by atoms with E-state index in [-0.39, 0.29) is 23.5 Å². The number of fused-ring (bicyclic) bond motifs is 1. The number of aryl methyl sites for hydroxylation is 2. The second kappa shape index (κ2) is 10.9. The molecule has 0 saturated carbocycles. The summed E-state index contributed by atoms with van der Waals surface area (Å²) in [6.45, 7) is 5.35. The summed E-state index contributed by atoms with van der Waals surface area (Å²) in [4.78, 5) is 24.5. The molecule has 8 nitrogen and oxygen atoms in total. The van der Waals surface area contributed by atoms with Gasteiger partial charge in [0.1, 0.15) is 0 Å². The van der Waals surface area contributed by atoms with Gasteiger partial charge in [-0.1, -0.05) is 17.4 Å². The van der Waals surface area contributed by atoms with Gasteiger partial charge >= 0.3 is 0 Å². The van der Waals surface area contributed by atoms with Gasteiger partial charge in [-0.25, -0.2) is 13.4 Å². The van der Waals surface area contributed by atoms with Gasteiger partial charge < -0.3 is 4.74 Å². The molecule has 2 aromatic heterocycles. The number of aromatic nitrogens is 2. The van der Waals surface area contributed by atoms with Crippen LogP contribution in [0.25, 0.3) is 10.2 Å². The van der Waals surface area contributed by atoms with E-state index in [1.807, 2.05) is 25.1 Å². The minimum absolute atomic E-state index is 0.0851. The van der Waals surface area contributed by atoms with Crippen LogP contribution in [-0.4, -0.2) is 54.9 Å². The Bertz CT molecular complexity index is 1510. The van der Waals surface area contributed by atoms with E-state index in [0.717, 1.165) is 34.2 Å². The SMILES string of the molecule is Cc1cc2nc(N(Cc3cccnc3)C(=O)c3ccc(S(=O)(=O)N(C)CC4CCCO4)cc3)sc2cc1C. The van der Waals surface area contributed by atoms with E-state index in [4.69, 9.17) is 9.72 Å². The van der Waals surface area contributed by atoms with E-state index in [0.29, 0.717) is 23.8 Å². The predicted molar refractivity (Wildman–Crippen MR) is 149 cm³/mol. The maximum atomic E-state index is 13.8. The highest BCUT2D eigenvalue weighted by Crippen LogP contribution is 2.32. The average molecular weight is 551 g/mol. The number of benzene rings is 2. The first kappa shape index (κ1) is 26.4. The summed E-state index contributed by atoms with van der Waals surface area (Å²) in [6, 6.07) is 14.0. The molecular formula is C28H30N4O4S2. The van der Waals surface area contributed by atoms with Crippen molar-refractivity contribution >= 4 is 42.6 Å². The maximum Gasteiger partial charge on any atom is 0.260 e. The number of likely N-dealkylation sites (N-methyl/N-ethyl adjacent to an activating group) is 1. The van der Waals surface area contributed by atoms with Gasteiger partial charge in [-0.15, -0.1) is 0 Å². The topological polar surface area (TPSA) is 92.7 Å². The largest absolute Gasteiger partial charge is 0.377 e. The highest BCUT2D eigenvalue weighted by Gasteiger charge is 2.27. The first-order valence-corrected chi connectivity index (χ1v) is 14.7. The van der Waals surface area contributed by atoms with Crippen LogP contribution in [-0.2, 0) is 21.3 Å². The van der Waals surface area contributed by atoms with Crippen LogP contribution in [0.4, 0.5) is 5.13 Å². The summed E-state index contributed by atoms with van der Waals surface area (Å²) in [5.41, 5.74) is 4.39. The van der Waals surface area contributed by atoms with Gasteiger partial charge in [-0.2, -0.15) is 4.31 Å². The minimum atomic E-state index is -3.71. The normalized spacial score (nSPS) is 15.8. The Morgan fingerprint density at radius 3 is 2.58 bits per heavy atom. The predicted octanol–water partition coefficient (Wildman–Crippen LogP) is 4.95. The lowest BCUT2D eigenvalue weighted by atomic mass is 10.1. The summed E-state index contributed by atoms with van der Waals surface area (Å²) in [6.07, 6.45) is 5.12. The number of nitrogens with zero attached hydrogens (tertiary/aromatic N) is 4. The first-order chi connectivity index (χ1) is 18.2. The zero-order valence-corrected chi connectivity index (χ0v) is 23.3. The van der Waals surface area contributed by atoms with Gasteiger partial charge in [0.15, 0.2) is 5.13 Å². The number of thiazole rings is 1. The standard InChI is InChI=1S/C28H30N4O4S2/c1-19-14-25-26(15-20(19)2)37-28(30-25)32(17-21-6-4-12-29-16-21)27(33)22-8-10-24(11-9-22)38(34,35)31(3)18-23-7-5-13-36-23/h4,6,8-12,14-16,23H,5,7,13,17-18H2,1-3H3. The van der Waals surface area contributed by atoms with E-state index in [9.17, 15) is 13.2 Å². The summed E-state index contributed by atoms with van der Waals surface area (Å²) in [5.74, 6) is -0.266. The number of carbonyl (C=O) groups excluding carboxylic acids is 1. The molecule has 0 bridgehead atoms. The fourth-order valence-corrected chi connectivity index (χ4v) is 6.71. The number of rotatable bonds is 8. The van der Waals surface area contributed by atoms with Gasteiger partial charge in [0.2, 0.25) is 10.0 Å². The molecule has 1 atom stereocenters. The Balaban J connectivity index is 1.43. The maximum absolute atomic E-state index is 13.8. The highest BCUT2D eigenvalue weighted by atomic mass is 32.2. The van der Waals surface area contributed by atoms with Crippen LogP contribution < -0.4 is 4.90 Å².